The second-order valence-corrected chi connectivity index (χ2v) is 8.03. The molecule has 0 radical (unpaired) electrons. The molecule has 1 aliphatic heterocycles. The second-order valence-electron chi connectivity index (χ2n) is 8.03. The Labute approximate surface area is 153 Å². The van der Waals surface area contributed by atoms with Crippen molar-refractivity contribution < 1.29 is 28.8 Å². The largest absolute Gasteiger partial charge is 0.514 e. The van der Waals surface area contributed by atoms with Crippen LogP contribution in [0.3, 0.4) is 0 Å². The van der Waals surface area contributed by atoms with Crippen LogP contribution in [0.4, 0.5) is 9.59 Å². The van der Waals surface area contributed by atoms with Gasteiger partial charge in [0.25, 0.3) is 0 Å². The number of nitrogens with zero attached hydrogens (tertiary/aromatic N) is 3. The van der Waals surface area contributed by atoms with Crippen LogP contribution < -0.4 is 0 Å². The van der Waals surface area contributed by atoms with E-state index in [0.717, 1.165) is 5.56 Å². The Kier molecular flexibility index (Phi) is 5.40. The fourth-order valence-electron chi connectivity index (χ4n) is 3.99. The summed E-state index contributed by atoms with van der Waals surface area (Å²) in [6, 6.07) is 10.8. The van der Waals surface area contributed by atoms with Crippen molar-refractivity contribution >= 4 is 12.2 Å². The van der Waals surface area contributed by atoms with Crippen molar-refractivity contribution in [2.45, 2.75) is 45.3 Å². The highest BCUT2D eigenvalue weighted by atomic mass is 16.4. The molecule has 0 aliphatic carbocycles. The van der Waals surface area contributed by atoms with Crippen molar-refractivity contribution in [3.63, 3.8) is 0 Å². The summed E-state index contributed by atoms with van der Waals surface area (Å²) in [5, 5.41) is 29.3. The van der Waals surface area contributed by atoms with Gasteiger partial charge in [0.05, 0.1) is 12.5 Å². The Hall–Kier alpha value is -2.43. The fourth-order valence-corrected chi connectivity index (χ4v) is 3.99. The number of quaternary nitrogens is 2. The molecule has 0 spiro atoms. The number of carboxylic acid groups (broad SMARTS) is 2. The molecule has 0 saturated carbocycles. The number of rotatable bonds is 3. The van der Waals surface area contributed by atoms with Crippen molar-refractivity contribution in [3.05, 3.63) is 35.9 Å². The van der Waals surface area contributed by atoms with Crippen molar-refractivity contribution in [2.24, 2.45) is 0 Å². The monoisotopic (exact) mass is 361 g/mol. The molecule has 3 atom stereocenters. The van der Waals surface area contributed by atoms with Crippen molar-refractivity contribution in [2.75, 3.05) is 19.6 Å². The molecular formula is C19H27N3O4+2. The molecule has 26 heavy (non-hydrogen) atoms. The fraction of sp³-hybridized carbons (Fsp3) is 0.526. The van der Waals surface area contributed by atoms with Gasteiger partial charge in [0.2, 0.25) is 0 Å². The first-order chi connectivity index (χ1) is 12.1. The average Bonchev–Trinajstić information content (AvgIpc) is 2.56. The molecule has 1 heterocycles. The molecule has 2 amide bonds. The van der Waals surface area contributed by atoms with E-state index in [0.29, 0.717) is 0 Å². The van der Waals surface area contributed by atoms with E-state index in [1.807, 2.05) is 51.1 Å². The van der Waals surface area contributed by atoms with Gasteiger partial charge < -0.3 is 10.2 Å². The maximum atomic E-state index is 12.3. The number of amides is 2. The van der Waals surface area contributed by atoms with Gasteiger partial charge in [-0.1, -0.05) is 30.3 Å². The summed E-state index contributed by atoms with van der Waals surface area (Å²) in [6.07, 6.45) is -1.97. The third kappa shape index (κ3) is 3.30. The number of carbonyl (C=O) groups is 2. The summed E-state index contributed by atoms with van der Waals surface area (Å²) in [5.41, 5.74) is 0.268. The number of nitriles is 1. The molecule has 1 aromatic rings. The maximum absolute atomic E-state index is 12.3. The van der Waals surface area contributed by atoms with E-state index in [9.17, 15) is 25.1 Å². The molecule has 1 aliphatic rings. The molecule has 2 rings (SSSR count). The standard InChI is InChI=1S/C19H25N3O4/c1-19(2,3)22(18(25)26)12-11-21(17(23)24,16(14-22)9-10-20)13-15-7-5-4-6-8-15/h4-8,16H,9,11-14H2,1-3H3/p+2/t16?,21?,22-/m1/s1. The molecule has 140 valence electrons. The zero-order valence-electron chi connectivity index (χ0n) is 15.6. The van der Waals surface area contributed by atoms with Gasteiger partial charge in [-0.25, -0.2) is 8.97 Å². The Morgan fingerprint density at radius 3 is 2.23 bits per heavy atom. The summed E-state index contributed by atoms with van der Waals surface area (Å²) in [6.45, 7) is 6.28. The van der Waals surface area contributed by atoms with Crippen LogP contribution in [0.25, 0.3) is 0 Å². The number of benzene rings is 1. The number of hydrogen-bond acceptors (Lipinski definition) is 3. The Morgan fingerprint density at radius 1 is 1.15 bits per heavy atom. The first-order valence-corrected chi connectivity index (χ1v) is 8.71. The molecule has 7 heteroatoms. The lowest BCUT2D eigenvalue weighted by atomic mass is 9.94. The Morgan fingerprint density at radius 2 is 1.77 bits per heavy atom. The van der Waals surface area contributed by atoms with Gasteiger partial charge in [-0.3, -0.25) is 0 Å². The summed E-state index contributed by atoms with van der Waals surface area (Å²) in [4.78, 5) is 24.5. The molecule has 2 N–H and O–H groups in total. The van der Waals surface area contributed by atoms with Crippen molar-refractivity contribution in [3.8, 4) is 6.07 Å². The summed E-state index contributed by atoms with van der Waals surface area (Å²) < 4.78 is -0.539. The molecule has 1 fully saturated rings. The number of piperazine rings is 1. The summed E-state index contributed by atoms with van der Waals surface area (Å²) in [5.74, 6) is 0. The molecule has 7 nitrogen and oxygen atoms in total. The summed E-state index contributed by atoms with van der Waals surface area (Å²) in [7, 11) is 0. The molecule has 2 unspecified atom stereocenters. The van der Waals surface area contributed by atoms with Gasteiger partial charge in [0, 0.05) is 5.56 Å². The average molecular weight is 361 g/mol. The first kappa shape index (κ1) is 19.9. The highest BCUT2D eigenvalue weighted by Gasteiger charge is 2.61. The van der Waals surface area contributed by atoms with Crippen molar-refractivity contribution in [1.82, 2.24) is 0 Å². The minimum absolute atomic E-state index is 0.00247. The maximum Gasteiger partial charge on any atom is 0.514 e. The highest BCUT2D eigenvalue weighted by Crippen LogP contribution is 2.36. The van der Waals surface area contributed by atoms with Gasteiger partial charge in [0.15, 0.2) is 6.04 Å². The van der Waals surface area contributed by atoms with Crippen LogP contribution in [0.5, 0.6) is 0 Å². The van der Waals surface area contributed by atoms with Gasteiger partial charge >= 0.3 is 12.2 Å². The van der Waals surface area contributed by atoms with Crippen LogP contribution in [0.2, 0.25) is 0 Å². The normalized spacial score (nSPS) is 28.9. The lowest BCUT2D eigenvalue weighted by Crippen LogP contribution is -2.77. The van der Waals surface area contributed by atoms with E-state index in [-0.39, 0.29) is 41.6 Å². The number of hydrogen-bond donors (Lipinski definition) is 2. The molecule has 1 saturated heterocycles. The predicted molar refractivity (Wildman–Crippen MR) is 95.1 cm³/mol. The quantitative estimate of drug-likeness (QED) is 0.805. The van der Waals surface area contributed by atoms with Crippen LogP contribution in [0, 0.1) is 11.3 Å². The van der Waals surface area contributed by atoms with Gasteiger partial charge in [0.1, 0.15) is 31.7 Å². The predicted octanol–water partition coefficient (Wildman–Crippen LogP) is 3.27. The molecule has 0 bridgehead atoms. The third-order valence-electron chi connectivity index (χ3n) is 5.77. The smallest absolute Gasteiger partial charge is 0.435 e. The van der Waals surface area contributed by atoms with Crippen LogP contribution in [-0.2, 0) is 6.54 Å². The van der Waals surface area contributed by atoms with Crippen molar-refractivity contribution in [1.29, 1.82) is 5.26 Å². The minimum Gasteiger partial charge on any atom is -0.435 e. The summed E-state index contributed by atoms with van der Waals surface area (Å²) >= 11 is 0. The van der Waals surface area contributed by atoms with E-state index in [1.165, 1.54) is 0 Å². The van der Waals surface area contributed by atoms with E-state index in [1.54, 1.807) is 0 Å². The second kappa shape index (κ2) is 7.06. The van der Waals surface area contributed by atoms with Crippen LogP contribution in [-0.4, -0.2) is 62.6 Å². The Bertz CT molecular complexity index is 723. The molecular weight excluding hydrogens is 334 g/mol. The third-order valence-corrected chi connectivity index (χ3v) is 5.77. The first-order valence-electron chi connectivity index (χ1n) is 8.71. The van der Waals surface area contributed by atoms with E-state index < -0.39 is 23.8 Å². The van der Waals surface area contributed by atoms with Crippen LogP contribution in [0.1, 0.15) is 32.8 Å². The highest BCUT2D eigenvalue weighted by molar-refractivity contribution is 5.59. The van der Waals surface area contributed by atoms with E-state index >= 15 is 0 Å². The van der Waals surface area contributed by atoms with Gasteiger partial charge in [-0.2, -0.15) is 14.9 Å². The topological polar surface area (TPSA) is 98.4 Å². The Balaban J connectivity index is 2.49. The van der Waals surface area contributed by atoms with E-state index in [2.05, 4.69) is 6.07 Å². The SMILES string of the molecule is CC(C)(C)[N@+]1(C(=O)O)CC[N+](Cc2ccccc2)(C(=O)O)C(CC#N)C1. The van der Waals surface area contributed by atoms with E-state index in [4.69, 9.17) is 0 Å². The van der Waals surface area contributed by atoms with Gasteiger partial charge in [-0.15, -0.1) is 0 Å². The van der Waals surface area contributed by atoms with Crippen LogP contribution >= 0.6 is 0 Å². The lowest BCUT2D eigenvalue weighted by molar-refractivity contribution is -1.01. The zero-order valence-corrected chi connectivity index (χ0v) is 15.6. The van der Waals surface area contributed by atoms with Crippen LogP contribution in [0.15, 0.2) is 30.3 Å². The molecule has 0 aromatic heterocycles. The minimum atomic E-state index is -1.01. The lowest BCUT2D eigenvalue weighted by Gasteiger charge is -2.52. The molecule has 1 aromatic carbocycles. The zero-order chi connectivity index (χ0) is 19.6. The van der Waals surface area contributed by atoms with Gasteiger partial charge in [-0.05, 0) is 20.8 Å².